The van der Waals surface area contributed by atoms with Gasteiger partial charge in [0.2, 0.25) is 5.96 Å². The lowest BCUT2D eigenvalue weighted by atomic mass is 10.0. The molecule has 1 amide bonds. The first kappa shape index (κ1) is 28.5. The molecule has 3 aromatic rings. The first-order valence-corrected chi connectivity index (χ1v) is 14.3. The van der Waals surface area contributed by atoms with Gasteiger partial charge < -0.3 is 40.7 Å². The maximum Gasteiger partial charge on any atom is 0.323 e. The Bertz CT molecular complexity index is 1520. The Balaban J connectivity index is 1.05. The van der Waals surface area contributed by atoms with Crippen molar-refractivity contribution in [2.24, 2.45) is 9.98 Å². The van der Waals surface area contributed by atoms with E-state index in [-0.39, 0.29) is 18.2 Å². The molecule has 13 heteroatoms. The van der Waals surface area contributed by atoms with Crippen molar-refractivity contribution < 1.29 is 14.6 Å². The number of nitrogens with one attached hydrogen (secondary N) is 5. The number of amidine groups is 1. The van der Waals surface area contributed by atoms with Gasteiger partial charge in [0.25, 0.3) is 5.91 Å². The monoisotopic (exact) mass is 578 g/mol. The van der Waals surface area contributed by atoms with Crippen LogP contribution in [-0.4, -0.2) is 84.6 Å². The fraction of sp³-hybridized carbons (Fsp3) is 0.357. The van der Waals surface area contributed by atoms with E-state index in [9.17, 15) is 14.7 Å². The summed E-state index contributed by atoms with van der Waals surface area (Å²) in [5.74, 6) is 0.868. The number of piperidine rings is 1. The second-order valence-electron chi connectivity index (χ2n) is 9.79. The lowest BCUT2D eigenvalue weighted by Gasteiger charge is -2.34. The lowest BCUT2D eigenvalue weighted by molar-refractivity contribution is -0.115. The molecule has 1 unspecified atom stereocenters. The van der Waals surface area contributed by atoms with E-state index in [2.05, 4.69) is 52.9 Å². The third-order valence-electron chi connectivity index (χ3n) is 6.92. The molecule has 0 bridgehead atoms. The minimum Gasteiger partial charge on any atom is -0.491 e. The quantitative estimate of drug-likeness (QED) is 0.134. The van der Waals surface area contributed by atoms with Crippen LogP contribution in [0.1, 0.15) is 18.4 Å². The first-order valence-electron chi connectivity index (χ1n) is 13.5. The van der Waals surface area contributed by atoms with Crippen LogP contribution in [0.25, 0.3) is 17.1 Å². The minimum atomic E-state index is -0.650. The molecule has 2 aromatic carbocycles. The number of carbonyl (C=O) groups excluding carboxylic acids is 1. The highest BCUT2D eigenvalue weighted by atomic mass is 32.2. The van der Waals surface area contributed by atoms with Crippen LogP contribution in [0.15, 0.2) is 62.1 Å². The number of carbonyl (C=O) groups is 1. The molecule has 5 rings (SSSR count). The summed E-state index contributed by atoms with van der Waals surface area (Å²) in [6.07, 6.45) is 3.14. The molecule has 2 aliphatic rings. The number of aliphatic imine (C=N–C) groups is 2. The van der Waals surface area contributed by atoms with E-state index in [0.29, 0.717) is 45.4 Å². The van der Waals surface area contributed by atoms with Crippen molar-refractivity contribution in [1.82, 2.24) is 25.9 Å². The van der Waals surface area contributed by atoms with Gasteiger partial charge in [-0.15, -0.1) is 0 Å². The second kappa shape index (κ2) is 13.1. The summed E-state index contributed by atoms with van der Waals surface area (Å²) < 4.78 is 5.71. The standard InChI is InChI=1S/C28H34N8O4S/c1-29-26(30-2)35-28-34-25(38)24(41-28)13-17-3-5-19(6-4-17)36-11-9-18(10-12-36)31-15-20(37)16-40-21-7-8-22-23(14-21)33-27(39)32-22/h3-8,13-14,18,20,31,37H,9-12,15-16H2,1-2H3,(H2,32,33,39)(H2,29,30,34,35,38)/b24-13-. The van der Waals surface area contributed by atoms with Crippen molar-refractivity contribution in [3.8, 4) is 5.75 Å². The molecule has 12 nitrogen and oxygen atoms in total. The van der Waals surface area contributed by atoms with Gasteiger partial charge in [-0.2, -0.15) is 4.99 Å². The van der Waals surface area contributed by atoms with E-state index in [1.54, 1.807) is 32.3 Å². The Hall–Kier alpha value is -4.07. The van der Waals surface area contributed by atoms with Crippen molar-refractivity contribution in [1.29, 1.82) is 0 Å². The molecule has 3 heterocycles. The zero-order valence-electron chi connectivity index (χ0n) is 22.9. The van der Waals surface area contributed by atoms with Gasteiger partial charge >= 0.3 is 5.69 Å². The number of hydrogen-bond acceptors (Lipinski definition) is 8. The molecule has 6 N–H and O–H groups in total. The van der Waals surface area contributed by atoms with Gasteiger partial charge in [-0.05, 0) is 60.5 Å². The number of nitrogens with zero attached hydrogens (tertiary/aromatic N) is 3. The number of fused-ring (bicyclic) bond motifs is 1. The Morgan fingerprint density at radius 1 is 1.17 bits per heavy atom. The van der Waals surface area contributed by atoms with E-state index in [4.69, 9.17) is 4.74 Å². The van der Waals surface area contributed by atoms with Crippen LogP contribution in [0, 0.1) is 0 Å². The molecule has 41 heavy (non-hydrogen) atoms. The predicted molar refractivity (Wildman–Crippen MR) is 164 cm³/mol. The molecular weight excluding hydrogens is 544 g/mol. The average Bonchev–Trinajstić information content (AvgIpc) is 3.53. The number of rotatable bonds is 8. The molecular formula is C28H34N8O4S. The van der Waals surface area contributed by atoms with Crippen molar-refractivity contribution in [3.63, 3.8) is 0 Å². The zero-order chi connectivity index (χ0) is 28.8. The smallest absolute Gasteiger partial charge is 0.323 e. The summed E-state index contributed by atoms with van der Waals surface area (Å²) >= 11 is 1.29. The van der Waals surface area contributed by atoms with E-state index in [1.807, 2.05) is 18.2 Å². The Morgan fingerprint density at radius 3 is 2.66 bits per heavy atom. The highest BCUT2D eigenvalue weighted by Gasteiger charge is 2.24. The van der Waals surface area contributed by atoms with Crippen molar-refractivity contribution in [3.05, 3.63) is 63.4 Å². The van der Waals surface area contributed by atoms with E-state index in [0.717, 1.165) is 37.2 Å². The second-order valence-corrected chi connectivity index (χ2v) is 10.8. The summed E-state index contributed by atoms with van der Waals surface area (Å²) in [5.41, 5.74) is 3.21. The van der Waals surface area contributed by atoms with Gasteiger partial charge in [0.1, 0.15) is 18.5 Å². The molecule has 1 aromatic heterocycles. The summed E-state index contributed by atoms with van der Waals surface area (Å²) in [5, 5.41) is 20.0. The van der Waals surface area contributed by atoms with Crippen LogP contribution >= 0.6 is 11.8 Å². The van der Waals surface area contributed by atoms with Gasteiger partial charge in [0.15, 0.2) is 5.17 Å². The van der Waals surface area contributed by atoms with E-state index in [1.165, 1.54) is 11.8 Å². The summed E-state index contributed by atoms with van der Waals surface area (Å²) in [4.78, 5) is 40.4. The number of hydrogen-bond donors (Lipinski definition) is 6. The number of guanidine groups is 1. The number of aliphatic hydroxyl groups is 1. The molecule has 1 atom stereocenters. The van der Waals surface area contributed by atoms with Crippen molar-refractivity contribution >= 4 is 51.6 Å². The number of aliphatic hydroxyl groups excluding tert-OH is 1. The number of H-pyrrole nitrogens is 2. The summed E-state index contributed by atoms with van der Waals surface area (Å²) in [7, 11) is 3.36. The highest BCUT2D eigenvalue weighted by Crippen LogP contribution is 2.27. The van der Waals surface area contributed by atoms with Crippen LogP contribution in [0.4, 0.5) is 5.69 Å². The normalized spacial score (nSPS) is 19.2. The number of imidazole rings is 1. The maximum absolute atomic E-state index is 12.3. The number of anilines is 1. The molecule has 0 radical (unpaired) electrons. The Kier molecular flexibility index (Phi) is 9.07. The van der Waals surface area contributed by atoms with Gasteiger partial charge in [0, 0.05) is 51.5 Å². The summed E-state index contributed by atoms with van der Waals surface area (Å²) in [6.45, 7) is 2.42. The molecule has 216 valence electrons. The number of thioether (sulfide) groups is 1. The molecule has 0 saturated carbocycles. The average molecular weight is 579 g/mol. The topological polar surface area (TPSA) is 159 Å². The van der Waals surface area contributed by atoms with E-state index >= 15 is 0 Å². The molecule has 2 fully saturated rings. The number of aromatic nitrogens is 2. The van der Waals surface area contributed by atoms with Gasteiger partial charge in [0.05, 0.1) is 15.9 Å². The van der Waals surface area contributed by atoms with Crippen LogP contribution in [0.2, 0.25) is 0 Å². The zero-order valence-corrected chi connectivity index (χ0v) is 23.8. The molecule has 2 saturated heterocycles. The van der Waals surface area contributed by atoms with Crippen LogP contribution < -0.4 is 31.3 Å². The minimum absolute atomic E-state index is 0.159. The fourth-order valence-corrected chi connectivity index (χ4v) is 5.55. The fourth-order valence-electron chi connectivity index (χ4n) is 4.72. The Morgan fingerprint density at radius 2 is 1.93 bits per heavy atom. The predicted octanol–water partition coefficient (Wildman–Crippen LogP) is 1.62. The number of ether oxygens (including phenoxy) is 1. The largest absolute Gasteiger partial charge is 0.491 e. The summed E-state index contributed by atoms with van der Waals surface area (Å²) in [6, 6.07) is 13.8. The van der Waals surface area contributed by atoms with Crippen LogP contribution in [0.3, 0.4) is 0 Å². The SMILES string of the molecule is CN=C(/N=C1\NC(=O)/C(=C/c2ccc(N3CCC(NCC(O)COc4ccc5[nH]c(=O)[nH]c5c4)CC3)cc2)S1)NC. The third-order valence-corrected chi connectivity index (χ3v) is 7.83. The highest BCUT2D eigenvalue weighted by molar-refractivity contribution is 8.18. The van der Waals surface area contributed by atoms with Crippen LogP contribution in [-0.2, 0) is 4.79 Å². The van der Waals surface area contributed by atoms with Crippen molar-refractivity contribution in [2.45, 2.75) is 25.0 Å². The van der Waals surface area contributed by atoms with E-state index < -0.39 is 6.10 Å². The van der Waals surface area contributed by atoms with Crippen molar-refractivity contribution in [2.75, 3.05) is 45.2 Å². The molecule has 0 aliphatic carbocycles. The maximum atomic E-state index is 12.3. The number of aromatic amines is 2. The van der Waals surface area contributed by atoms with Crippen LogP contribution in [0.5, 0.6) is 5.75 Å². The molecule has 0 spiro atoms. The Labute approximate surface area is 241 Å². The first-order chi connectivity index (χ1) is 19.9. The lowest BCUT2D eigenvalue weighted by Crippen LogP contribution is -2.45. The van der Waals surface area contributed by atoms with Gasteiger partial charge in [-0.3, -0.25) is 9.79 Å². The number of benzene rings is 2. The van der Waals surface area contributed by atoms with Gasteiger partial charge in [-0.25, -0.2) is 4.79 Å². The third kappa shape index (κ3) is 7.37. The molecule has 2 aliphatic heterocycles. The number of amides is 1. The van der Waals surface area contributed by atoms with Gasteiger partial charge in [-0.1, -0.05) is 12.1 Å².